The Morgan fingerprint density at radius 3 is 1.64 bits per heavy atom. The molecule has 4 heteroatoms. The third-order valence-electron chi connectivity index (χ3n) is 10.7. The third kappa shape index (κ3) is 5.95. The molecular formula is C51H38N2S2. The molecule has 0 fully saturated rings. The Balaban J connectivity index is 1.04. The molecule has 7 aromatic carbocycles. The van der Waals surface area contributed by atoms with Crippen molar-refractivity contribution in [2.45, 2.75) is 19.8 Å². The van der Waals surface area contributed by atoms with E-state index in [1.165, 1.54) is 79.8 Å². The zero-order chi connectivity index (χ0) is 36.9. The quantitative estimate of drug-likeness (QED) is 0.153. The molecule has 9 aromatic rings. The zero-order valence-electron chi connectivity index (χ0n) is 30.6. The first kappa shape index (κ1) is 33.4. The Morgan fingerprint density at radius 1 is 0.527 bits per heavy atom. The topological polar surface area (TPSA) is 6.48 Å². The van der Waals surface area contributed by atoms with Crippen molar-refractivity contribution in [3.8, 4) is 11.1 Å². The van der Waals surface area contributed by atoms with Crippen molar-refractivity contribution in [1.82, 2.24) is 0 Å². The van der Waals surface area contributed by atoms with Gasteiger partial charge in [-0.25, -0.2) is 0 Å². The molecular weight excluding hydrogens is 705 g/mol. The number of allylic oxidation sites excluding steroid dienone is 4. The molecule has 0 spiro atoms. The van der Waals surface area contributed by atoms with Crippen molar-refractivity contribution in [3.63, 3.8) is 0 Å². The van der Waals surface area contributed by atoms with Crippen LogP contribution in [0.15, 0.2) is 188 Å². The standard InChI is InChI=1S/C51H38N2S2/c1-3-35-13-9-15-41(33-35)53(47-21-11-19-45-43-17-5-7-23-49(43)55-51(45)47)39-30-26-37(27-31-39)36-24-28-38(29-25-36)52(40-14-8-12-34(2)32-40)46-20-10-18-44-42-16-4-6-22-48(42)54-50(44)46/h3-7,9-13,15-33H,1,8,14H2,2H3. The summed E-state index contributed by atoms with van der Waals surface area (Å²) < 4.78 is 5.23. The first-order valence-corrected chi connectivity index (χ1v) is 20.5. The Morgan fingerprint density at radius 2 is 1.05 bits per heavy atom. The van der Waals surface area contributed by atoms with Crippen molar-refractivity contribution < 1.29 is 0 Å². The van der Waals surface area contributed by atoms with E-state index in [2.05, 4.69) is 193 Å². The molecule has 264 valence electrons. The molecule has 0 saturated carbocycles. The van der Waals surface area contributed by atoms with Crippen molar-refractivity contribution in [1.29, 1.82) is 0 Å². The number of fused-ring (bicyclic) bond motifs is 6. The summed E-state index contributed by atoms with van der Waals surface area (Å²) in [5.74, 6) is 0. The van der Waals surface area contributed by atoms with Gasteiger partial charge in [-0.1, -0.05) is 121 Å². The van der Waals surface area contributed by atoms with Gasteiger partial charge >= 0.3 is 0 Å². The van der Waals surface area contributed by atoms with Gasteiger partial charge in [0.1, 0.15) is 0 Å². The monoisotopic (exact) mass is 742 g/mol. The molecule has 0 amide bonds. The van der Waals surface area contributed by atoms with Crippen LogP contribution in [0.1, 0.15) is 25.3 Å². The Labute approximate surface area is 329 Å². The molecule has 55 heavy (non-hydrogen) atoms. The highest BCUT2D eigenvalue weighted by Gasteiger charge is 2.22. The fourth-order valence-electron chi connectivity index (χ4n) is 8.12. The number of hydrogen-bond acceptors (Lipinski definition) is 4. The highest BCUT2D eigenvalue weighted by molar-refractivity contribution is 7.26. The van der Waals surface area contributed by atoms with E-state index < -0.39 is 0 Å². The number of rotatable bonds is 8. The van der Waals surface area contributed by atoms with Crippen LogP contribution in [0.25, 0.3) is 57.5 Å². The Bertz CT molecular complexity index is 2960. The minimum Gasteiger partial charge on any atom is -0.313 e. The van der Waals surface area contributed by atoms with E-state index >= 15 is 0 Å². The fraction of sp³-hybridized carbons (Fsp3) is 0.0588. The summed E-state index contributed by atoms with van der Waals surface area (Å²) in [6.45, 7) is 6.28. The van der Waals surface area contributed by atoms with Gasteiger partial charge in [0.25, 0.3) is 0 Å². The van der Waals surface area contributed by atoms with E-state index in [0.717, 1.165) is 29.8 Å². The van der Waals surface area contributed by atoms with Gasteiger partial charge in [0.2, 0.25) is 0 Å². The van der Waals surface area contributed by atoms with Gasteiger partial charge in [0.05, 0.1) is 20.8 Å². The van der Waals surface area contributed by atoms with Crippen LogP contribution in [0.4, 0.5) is 28.4 Å². The van der Waals surface area contributed by atoms with Crippen molar-refractivity contribution >= 4 is 97.5 Å². The van der Waals surface area contributed by atoms with Crippen LogP contribution in [-0.4, -0.2) is 0 Å². The van der Waals surface area contributed by atoms with Gasteiger partial charge in [0.15, 0.2) is 0 Å². The molecule has 0 unspecified atom stereocenters. The van der Waals surface area contributed by atoms with Crippen LogP contribution in [0.3, 0.4) is 0 Å². The average molecular weight is 743 g/mol. The minimum atomic E-state index is 1.00. The zero-order valence-corrected chi connectivity index (χ0v) is 32.2. The highest BCUT2D eigenvalue weighted by Crippen LogP contribution is 2.47. The molecule has 0 saturated heterocycles. The van der Waals surface area contributed by atoms with Crippen molar-refractivity contribution in [2.24, 2.45) is 0 Å². The van der Waals surface area contributed by atoms with E-state index in [0.29, 0.717) is 0 Å². The fourth-order valence-corrected chi connectivity index (χ4v) is 10.5. The molecule has 0 atom stereocenters. The maximum atomic E-state index is 4.06. The van der Waals surface area contributed by atoms with Crippen molar-refractivity contribution in [2.75, 3.05) is 9.80 Å². The maximum Gasteiger partial charge on any atom is 0.0640 e. The number of benzene rings is 7. The molecule has 2 nitrogen and oxygen atoms in total. The summed E-state index contributed by atoms with van der Waals surface area (Å²) >= 11 is 3.75. The second kappa shape index (κ2) is 13.9. The van der Waals surface area contributed by atoms with Gasteiger partial charge in [-0.3, -0.25) is 0 Å². The second-order valence-electron chi connectivity index (χ2n) is 14.2. The van der Waals surface area contributed by atoms with Crippen LogP contribution in [0, 0.1) is 0 Å². The van der Waals surface area contributed by atoms with E-state index in [1.807, 2.05) is 28.7 Å². The molecule has 1 aliphatic rings. The summed E-state index contributed by atoms with van der Waals surface area (Å²) in [6, 6.07) is 57.7. The van der Waals surface area contributed by atoms with E-state index in [4.69, 9.17) is 0 Å². The normalized spacial score (nSPS) is 13.0. The lowest BCUT2D eigenvalue weighted by Gasteiger charge is -2.30. The van der Waals surface area contributed by atoms with Crippen molar-refractivity contribution in [3.05, 3.63) is 193 Å². The molecule has 0 N–H and O–H groups in total. The van der Waals surface area contributed by atoms with Crippen LogP contribution in [-0.2, 0) is 0 Å². The van der Waals surface area contributed by atoms with Crippen LogP contribution < -0.4 is 9.80 Å². The first-order valence-electron chi connectivity index (χ1n) is 18.8. The average Bonchev–Trinajstić information content (AvgIpc) is 3.82. The SMILES string of the molecule is C=Cc1cccc(N(c2ccc(-c3ccc(N(C4=CC(C)=CCC4)c4cccc5c4sc4ccccc45)cc3)cc2)c2cccc3c2sc2ccccc23)c1. The van der Waals surface area contributed by atoms with E-state index in [9.17, 15) is 0 Å². The lowest BCUT2D eigenvalue weighted by Crippen LogP contribution is -2.18. The Kier molecular flexibility index (Phi) is 8.43. The Hall–Kier alpha value is -6.20. The number of hydrogen-bond donors (Lipinski definition) is 0. The number of nitrogens with zero attached hydrogens (tertiary/aromatic N) is 2. The predicted octanol–water partition coefficient (Wildman–Crippen LogP) is 16.0. The highest BCUT2D eigenvalue weighted by atomic mass is 32.1. The second-order valence-corrected chi connectivity index (χ2v) is 16.3. The smallest absolute Gasteiger partial charge is 0.0640 e. The molecule has 10 rings (SSSR count). The molecule has 1 aliphatic carbocycles. The summed E-state index contributed by atoms with van der Waals surface area (Å²) in [6.07, 6.45) is 8.67. The summed E-state index contributed by atoms with van der Waals surface area (Å²) in [7, 11) is 0. The third-order valence-corrected chi connectivity index (χ3v) is 13.2. The van der Waals surface area contributed by atoms with Gasteiger partial charge in [-0.2, -0.15) is 0 Å². The van der Waals surface area contributed by atoms with Gasteiger partial charge < -0.3 is 9.80 Å². The minimum absolute atomic E-state index is 1.00. The first-order chi connectivity index (χ1) is 27.1. The number of thiophene rings is 2. The maximum absolute atomic E-state index is 4.06. The van der Waals surface area contributed by atoms with Gasteiger partial charge in [-0.15, -0.1) is 22.7 Å². The lowest BCUT2D eigenvalue weighted by molar-refractivity contribution is 0.906. The largest absolute Gasteiger partial charge is 0.313 e. The molecule has 0 bridgehead atoms. The molecule has 2 aromatic heterocycles. The van der Waals surface area contributed by atoms with E-state index in [-0.39, 0.29) is 0 Å². The molecule has 0 aliphatic heterocycles. The van der Waals surface area contributed by atoms with Crippen LogP contribution in [0.2, 0.25) is 0 Å². The van der Waals surface area contributed by atoms with E-state index in [1.54, 1.807) is 0 Å². The van der Waals surface area contributed by atoms with Gasteiger partial charge in [-0.05, 0) is 103 Å². The van der Waals surface area contributed by atoms with Crippen LogP contribution in [0.5, 0.6) is 0 Å². The lowest BCUT2D eigenvalue weighted by atomic mass is 10.0. The summed E-state index contributed by atoms with van der Waals surface area (Å²) in [5.41, 5.74) is 11.9. The summed E-state index contributed by atoms with van der Waals surface area (Å²) in [4.78, 5) is 4.88. The molecule has 2 heterocycles. The van der Waals surface area contributed by atoms with Crippen LogP contribution >= 0.6 is 22.7 Å². The predicted molar refractivity (Wildman–Crippen MR) is 242 cm³/mol. The van der Waals surface area contributed by atoms with Gasteiger partial charge in [0, 0.05) is 53.7 Å². The molecule has 0 radical (unpaired) electrons. The number of anilines is 5. The summed E-state index contributed by atoms with van der Waals surface area (Å²) in [5, 5.41) is 5.22.